The molecule has 0 bridgehead atoms. The van der Waals surface area contributed by atoms with Gasteiger partial charge in [-0.15, -0.1) is 5.10 Å². The van der Waals surface area contributed by atoms with E-state index >= 15 is 0 Å². The molecule has 0 aliphatic carbocycles. The van der Waals surface area contributed by atoms with E-state index in [0.29, 0.717) is 23.0 Å². The third kappa shape index (κ3) is 3.63. The third-order valence-corrected chi connectivity index (χ3v) is 4.70. The van der Waals surface area contributed by atoms with E-state index in [4.69, 9.17) is 10.2 Å². The van der Waals surface area contributed by atoms with Gasteiger partial charge in [0.05, 0.1) is 23.8 Å². The van der Waals surface area contributed by atoms with Gasteiger partial charge in [0, 0.05) is 24.8 Å². The summed E-state index contributed by atoms with van der Waals surface area (Å²) in [6, 6.07) is 17.7. The number of nitrogens with one attached hydrogen (secondary N) is 1. The van der Waals surface area contributed by atoms with Crippen molar-refractivity contribution in [3.63, 3.8) is 0 Å². The normalized spacial score (nSPS) is 11.2. The number of furan rings is 1. The maximum Gasteiger partial charge on any atom is 0.218 e. The summed E-state index contributed by atoms with van der Waals surface area (Å²) in [4.78, 5) is 13.2. The predicted octanol–water partition coefficient (Wildman–Crippen LogP) is 3.32. The molecular weight excluding hydrogens is 378 g/mol. The second-order valence-electron chi connectivity index (χ2n) is 6.81. The molecule has 8 nitrogen and oxygen atoms in total. The number of fused-ring (bicyclic) bond motifs is 1. The van der Waals surface area contributed by atoms with Crippen LogP contribution in [0, 0.1) is 0 Å². The average molecular weight is 397 g/mol. The van der Waals surface area contributed by atoms with Crippen molar-refractivity contribution in [2.75, 3.05) is 5.73 Å². The Hall–Kier alpha value is -4.04. The Morgan fingerprint density at radius 3 is 2.63 bits per heavy atom. The summed E-state index contributed by atoms with van der Waals surface area (Å²) < 4.78 is 7.00. The highest BCUT2D eigenvalue weighted by Gasteiger charge is 2.13. The number of nitrogens with zero attached hydrogens (tertiary/aromatic N) is 5. The fourth-order valence-corrected chi connectivity index (χ4v) is 3.19. The number of hydrogen-bond acceptors (Lipinski definition) is 7. The SMILES string of the molecule is Nc1nc(-c2ccc(CNCc3ccccn3)cc2)cn2nc(-c3ccco3)nc12. The molecule has 0 radical (unpaired) electrons. The van der Waals surface area contributed by atoms with E-state index in [2.05, 4.69) is 37.5 Å². The summed E-state index contributed by atoms with van der Waals surface area (Å²) in [6.45, 7) is 1.47. The maximum atomic E-state index is 6.13. The standard InChI is InChI=1S/C22H19N7O/c23-20-22-27-21(19-5-3-11-30-19)28-29(22)14-18(26-20)16-8-6-15(7-9-16)12-24-13-17-4-1-2-10-25-17/h1-11,14,24H,12-13H2,(H2,23,26). The molecule has 8 heteroatoms. The van der Waals surface area contributed by atoms with Crippen LogP contribution in [0.25, 0.3) is 28.5 Å². The smallest absolute Gasteiger partial charge is 0.218 e. The molecule has 148 valence electrons. The molecule has 0 amide bonds. The van der Waals surface area contributed by atoms with Crippen LogP contribution < -0.4 is 11.1 Å². The van der Waals surface area contributed by atoms with Gasteiger partial charge >= 0.3 is 0 Å². The summed E-state index contributed by atoms with van der Waals surface area (Å²) in [7, 11) is 0. The molecule has 0 fully saturated rings. The zero-order valence-electron chi connectivity index (χ0n) is 16.1. The topological polar surface area (TPSA) is 107 Å². The summed E-state index contributed by atoms with van der Waals surface area (Å²) in [6.07, 6.45) is 5.20. The van der Waals surface area contributed by atoms with Gasteiger partial charge in [0.1, 0.15) is 0 Å². The van der Waals surface area contributed by atoms with Gasteiger partial charge in [-0.25, -0.2) is 14.5 Å². The largest absolute Gasteiger partial charge is 0.461 e. The van der Waals surface area contributed by atoms with Crippen molar-refractivity contribution in [3.8, 4) is 22.8 Å². The monoisotopic (exact) mass is 397 g/mol. The van der Waals surface area contributed by atoms with E-state index in [-0.39, 0.29) is 0 Å². The summed E-state index contributed by atoms with van der Waals surface area (Å²) in [5.41, 5.74) is 10.5. The highest BCUT2D eigenvalue weighted by molar-refractivity contribution is 5.69. The Kier molecular flexibility index (Phi) is 4.66. The molecule has 5 rings (SSSR count). The van der Waals surface area contributed by atoms with Gasteiger partial charge in [-0.3, -0.25) is 4.98 Å². The van der Waals surface area contributed by atoms with Gasteiger partial charge in [-0.1, -0.05) is 30.3 Å². The number of nitrogen functional groups attached to an aromatic ring is 1. The number of pyridine rings is 1. The van der Waals surface area contributed by atoms with Crippen molar-refractivity contribution in [1.82, 2.24) is 29.9 Å². The second kappa shape index (κ2) is 7.76. The number of aromatic nitrogens is 5. The first kappa shape index (κ1) is 18.0. The zero-order valence-corrected chi connectivity index (χ0v) is 16.1. The first-order valence-electron chi connectivity index (χ1n) is 9.53. The van der Waals surface area contributed by atoms with Crippen molar-refractivity contribution in [3.05, 3.63) is 84.5 Å². The van der Waals surface area contributed by atoms with Gasteiger partial charge in [-0.2, -0.15) is 0 Å². The number of benzene rings is 1. The van der Waals surface area contributed by atoms with Crippen molar-refractivity contribution >= 4 is 11.5 Å². The van der Waals surface area contributed by atoms with E-state index < -0.39 is 0 Å². The number of anilines is 1. The van der Waals surface area contributed by atoms with E-state index in [0.717, 1.165) is 30.0 Å². The maximum absolute atomic E-state index is 6.13. The number of hydrogen-bond donors (Lipinski definition) is 2. The second-order valence-corrected chi connectivity index (χ2v) is 6.81. The van der Waals surface area contributed by atoms with E-state index in [1.165, 1.54) is 5.56 Å². The molecule has 0 spiro atoms. The molecule has 0 saturated carbocycles. The highest BCUT2D eigenvalue weighted by Crippen LogP contribution is 2.23. The Bertz CT molecular complexity index is 1260. The molecule has 5 aromatic rings. The van der Waals surface area contributed by atoms with Gasteiger partial charge in [0.15, 0.2) is 17.2 Å². The molecule has 4 aromatic heterocycles. The van der Waals surface area contributed by atoms with E-state index in [9.17, 15) is 0 Å². The van der Waals surface area contributed by atoms with Crippen LogP contribution in [-0.2, 0) is 13.1 Å². The number of rotatable bonds is 6. The lowest BCUT2D eigenvalue weighted by Crippen LogP contribution is -2.13. The molecule has 0 unspecified atom stereocenters. The van der Waals surface area contributed by atoms with Crippen LogP contribution in [0.15, 0.2) is 77.7 Å². The van der Waals surface area contributed by atoms with E-state index in [1.54, 1.807) is 29.1 Å². The Morgan fingerprint density at radius 2 is 1.87 bits per heavy atom. The van der Waals surface area contributed by atoms with Gasteiger partial charge in [-0.05, 0) is 29.8 Å². The summed E-state index contributed by atoms with van der Waals surface area (Å²) in [5, 5.41) is 7.86. The lowest BCUT2D eigenvalue weighted by molar-refractivity contribution is 0.577. The van der Waals surface area contributed by atoms with E-state index in [1.807, 2.05) is 36.5 Å². The lowest BCUT2D eigenvalue weighted by atomic mass is 10.1. The third-order valence-electron chi connectivity index (χ3n) is 4.70. The minimum atomic E-state index is 0.318. The van der Waals surface area contributed by atoms with Crippen molar-refractivity contribution in [2.24, 2.45) is 0 Å². The van der Waals surface area contributed by atoms with Crippen LogP contribution in [-0.4, -0.2) is 24.6 Å². The molecule has 0 aliphatic heterocycles. The minimum absolute atomic E-state index is 0.318. The molecule has 4 heterocycles. The molecule has 3 N–H and O–H groups in total. The van der Waals surface area contributed by atoms with Gasteiger partial charge in [0.25, 0.3) is 0 Å². The highest BCUT2D eigenvalue weighted by atomic mass is 16.3. The average Bonchev–Trinajstić information content (AvgIpc) is 3.45. The van der Waals surface area contributed by atoms with Crippen LogP contribution in [0.5, 0.6) is 0 Å². The molecule has 0 atom stereocenters. The van der Waals surface area contributed by atoms with Crippen LogP contribution in [0.3, 0.4) is 0 Å². The summed E-state index contributed by atoms with van der Waals surface area (Å²) in [5.74, 6) is 1.38. The fourth-order valence-electron chi connectivity index (χ4n) is 3.19. The zero-order chi connectivity index (χ0) is 20.3. The van der Waals surface area contributed by atoms with Crippen molar-refractivity contribution < 1.29 is 4.42 Å². The number of nitrogens with two attached hydrogens (primary N) is 1. The predicted molar refractivity (Wildman–Crippen MR) is 113 cm³/mol. The Morgan fingerprint density at radius 1 is 0.967 bits per heavy atom. The summed E-state index contributed by atoms with van der Waals surface area (Å²) >= 11 is 0. The molecule has 30 heavy (non-hydrogen) atoms. The first-order valence-corrected chi connectivity index (χ1v) is 9.53. The first-order chi connectivity index (χ1) is 14.8. The van der Waals surface area contributed by atoms with Gasteiger partial charge < -0.3 is 15.5 Å². The Labute approximate surface area is 172 Å². The molecule has 0 aliphatic rings. The minimum Gasteiger partial charge on any atom is -0.461 e. The van der Waals surface area contributed by atoms with Crippen LogP contribution in [0.1, 0.15) is 11.3 Å². The molecule has 1 aromatic carbocycles. The van der Waals surface area contributed by atoms with Crippen LogP contribution in [0.2, 0.25) is 0 Å². The van der Waals surface area contributed by atoms with Crippen LogP contribution in [0.4, 0.5) is 5.82 Å². The molecular formula is C22H19N7O. The molecule has 0 saturated heterocycles. The Balaban J connectivity index is 1.33. The van der Waals surface area contributed by atoms with Crippen molar-refractivity contribution in [1.29, 1.82) is 0 Å². The van der Waals surface area contributed by atoms with Gasteiger partial charge in [0.2, 0.25) is 5.82 Å². The lowest BCUT2D eigenvalue weighted by Gasteiger charge is -2.07. The van der Waals surface area contributed by atoms with Crippen LogP contribution >= 0.6 is 0 Å². The fraction of sp³-hybridized carbons (Fsp3) is 0.0909. The quantitative estimate of drug-likeness (QED) is 0.452. The van der Waals surface area contributed by atoms with Crippen molar-refractivity contribution in [2.45, 2.75) is 13.1 Å².